The lowest BCUT2D eigenvalue weighted by Gasteiger charge is -2.22. The molecule has 2 aliphatic rings. The van der Waals surface area contributed by atoms with E-state index in [0.717, 1.165) is 13.0 Å². The Balaban J connectivity index is 1.84. The minimum atomic E-state index is -0.000440. The van der Waals surface area contributed by atoms with E-state index in [0.29, 0.717) is 30.2 Å². The van der Waals surface area contributed by atoms with Crippen LogP contribution in [0.25, 0.3) is 0 Å². The van der Waals surface area contributed by atoms with E-state index in [4.69, 9.17) is 15.2 Å². The number of fused-ring (bicyclic) bond motifs is 1. The molecule has 0 aliphatic carbocycles. The van der Waals surface area contributed by atoms with Crippen LogP contribution in [-0.4, -0.2) is 37.2 Å². The van der Waals surface area contributed by atoms with Crippen LogP contribution in [0.4, 0.5) is 0 Å². The highest BCUT2D eigenvalue weighted by molar-refractivity contribution is 5.98. The maximum absolute atomic E-state index is 12.6. The Bertz CT molecular complexity index is 517. The molecule has 3 rings (SSSR count). The summed E-state index contributed by atoms with van der Waals surface area (Å²) in [5, 5.41) is 0. The number of nitrogens with zero attached hydrogens (tertiary/aromatic N) is 1. The first-order valence-corrected chi connectivity index (χ1v) is 6.51. The van der Waals surface area contributed by atoms with Crippen molar-refractivity contribution in [1.82, 2.24) is 4.90 Å². The largest absolute Gasteiger partial charge is 0.454 e. The van der Waals surface area contributed by atoms with Gasteiger partial charge in [-0.05, 0) is 30.5 Å². The van der Waals surface area contributed by atoms with Gasteiger partial charge in [-0.3, -0.25) is 4.79 Å². The summed E-state index contributed by atoms with van der Waals surface area (Å²) in [6.07, 6.45) is 0.946. The molecule has 0 saturated carbocycles. The highest BCUT2D eigenvalue weighted by atomic mass is 16.7. The van der Waals surface area contributed by atoms with Crippen LogP contribution in [0.1, 0.15) is 23.7 Å². The number of rotatable bonds is 2. The molecule has 2 aliphatic heterocycles. The second-order valence-electron chi connectivity index (χ2n) is 5.53. The average molecular weight is 262 g/mol. The fourth-order valence-electron chi connectivity index (χ4n) is 2.63. The Morgan fingerprint density at radius 1 is 1.47 bits per heavy atom. The Hall–Kier alpha value is -1.75. The second-order valence-corrected chi connectivity index (χ2v) is 5.53. The zero-order valence-corrected chi connectivity index (χ0v) is 11.0. The predicted molar refractivity (Wildman–Crippen MR) is 70.2 cm³/mol. The first-order valence-electron chi connectivity index (χ1n) is 6.51. The summed E-state index contributed by atoms with van der Waals surface area (Å²) in [4.78, 5) is 14.4. The molecule has 19 heavy (non-hydrogen) atoms. The summed E-state index contributed by atoms with van der Waals surface area (Å²) < 4.78 is 10.7. The van der Waals surface area contributed by atoms with Crippen molar-refractivity contribution in [2.45, 2.75) is 13.3 Å². The number of carbonyl (C=O) groups is 1. The van der Waals surface area contributed by atoms with Crippen molar-refractivity contribution in [3.63, 3.8) is 0 Å². The van der Waals surface area contributed by atoms with E-state index in [-0.39, 0.29) is 18.1 Å². The summed E-state index contributed by atoms with van der Waals surface area (Å²) in [7, 11) is 0. The van der Waals surface area contributed by atoms with Crippen molar-refractivity contribution in [3.8, 4) is 11.5 Å². The Morgan fingerprint density at radius 2 is 2.32 bits per heavy atom. The minimum Gasteiger partial charge on any atom is -0.454 e. The summed E-state index contributed by atoms with van der Waals surface area (Å²) in [5.41, 5.74) is 6.39. The molecule has 1 fully saturated rings. The number of para-hydroxylation sites is 1. The number of nitrogens with two attached hydrogens (primary N) is 1. The number of likely N-dealkylation sites (tertiary alicyclic amines) is 1. The van der Waals surface area contributed by atoms with Gasteiger partial charge in [0.1, 0.15) is 0 Å². The summed E-state index contributed by atoms with van der Waals surface area (Å²) in [5.74, 6) is 1.21. The quantitative estimate of drug-likeness (QED) is 0.870. The van der Waals surface area contributed by atoms with E-state index in [1.165, 1.54) is 0 Å². The molecule has 1 atom stereocenters. The van der Waals surface area contributed by atoms with Crippen LogP contribution in [0.2, 0.25) is 0 Å². The van der Waals surface area contributed by atoms with Crippen LogP contribution in [0.5, 0.6) is 11.5 Å². The minimum absolute atomic E-state index is 0.000440. The summed E-state index contributed by atoms with van der Waals surface area (Å²) >= 11 is 0. The third-order valence-corrected chi connectivity index (χ3v) is 3.96. The van der Waals surface area contributed by atoms with E-state index >= 15 is 0 Å². The van der Waals surface area contributed by atoms with Crippen molar-refractivity contribution in [2.24, 2.45) is 11.1 Å². The SMILES string of the molecule is CC1(CN)CCN(C(=O)c2cccc3c2OCO3)C1. The fraction of sp³-hybridized carbons (Fsp3) is 0.500. The first-order chi connectivity index (χ1) is 9.13. The van der Waals surface area contributed by atoms with Crippen LogP contribution < -0.4 is 15.2 Å². The molecule has 2 N–H and O–H groups in total. The molecule has 1 unspecified atom stereocenters. The molecule has 102 valence electrons. The monoisotopic (exact) mass is 262 g/mol. The second kappa shape index (κ2) is 4.42. The van der Waals surface area contributed by atoms with Crippen molar-refractivity contribution in [3.05, 3.63) is 23.8 Å². The molecular formula is C14H18N2O3. The molecule has 2 heterocycles. The molecule has 1 amide bonds. The zero-order valence-electron chi connectivity index (χ0n) is 11.0. The molecule has 0 radical (unpaired) electrons. The summed E-state index contributed by atoms with van der Waals surface area (Å²) in [6, 6.07) is 5.42. The van der Waals surface area contributed by atoms with Crippen molar-refractivity contribution in [2.75, 3.05) is 26.4 Å². The number of carbonyl (C=O) groups excluding carboxylic acids is 1. The van der Waals surface area contributed by atoms with Gasteiger partial charge in [-0.1, -0.05) is 13.0 Å². The van der Waals surface area contributed by atoms with Crippen molar-refractivity contribution in [1.29, 1.82) is 0 Å². The van der Waals surface area contributed by atoms with E-state index < -0.39 is 0 Å². The van der Waals surface area contributed by atoms with Crippen LogP contribution >= 0.6 is 0 Å². The lowest BCUT2D eigenvalue weighted by Crippen LogP contribution is -2.34. The first kappa shape index (κ1) is 12.3. The topological polar surface area (TPSA) is 64.8 Å². The molecule has 5 heteroatoms. The van der Waals surface area contributed by atoms with Crippen molar-refractivity contribution < 1.29 is 14.3 Å². The average Bonchev–Trinajstić information content (AvgIpc) is 3.04. The van der Waals surface area contributed by atoms with Crippen LogP contribution in [0, 0.1) is 5.41 Å². The van der Waals surface area contributed by atoms with Crippen LogP contribution in [-0.2, 0) is 0 Å². The molecular weight excluding hydrogens is 244 g/mol. The van der Waals surface area contributed by atoms with Gasteiger partial charge >= 0.3 is 0 Å². The standard InChI is InChI=1S/C14H18N2O3/c1-14(7-15)5-6-16(8-14)13(17)10-3-2-4-11-12(10)19-9-18-11/h2-4H,5-9,15H2,1H3. The lowest BCUT2D eigenvalue weighted by molar-refractivity contribution is 0.0772. The summed E-state index contributed by atoms with van der Waals surface area (Å²) in [6.45, 7) is 4.35. The Kier molecular flexibility index (Phi) is 2.86. The molecule has 5 nitrogen and oxygen atoms in total. The van der Waals surface area contributed by atoms with Gasteiger partial charge < -0.3 is 20.1 Å². The highest BCUT2D eigenvalue weighted by Gasteiger charge is 2.36. The number of benzene rings is 1. The fourth-order valence-corrected chi connectivity index (χ4v) is 2.63. The third-order valence-electron chi connectivity index (χ3n) is 3.96. The normalized spacial score (nSPS) is 24.8. The van der Waals surface area contributed by atoms with Gasteiger partial charge in [0.25, 0.3) is 5.91 Å². The predicted octanol–water partition coefficient (Wildman–Crippen LogP) is 1.23. The van der Waals surface area contributed by atoms with E-state index in [1.807, 2.05) is 17.0 Å². The number of hydrogen-bond donors (Lipinski definition) is 1. The zero-order chi connectivity index (χ0) is 13.5. The van der Waals surface area contributed by atoms with Crippen LogP contribution in [0.15, 0.2) is 18.2 Å². The highest BCUT2D eigenvalue weighted by Crippen LogP contribution is 2.37. The molecule has 1 aromatic carbocycles. The van der Waals surface area contributed by atoms with E-state index in [1.54, 1.807) is 6.07 Å². The molecule has 0 aromatic heterocycles. The maximum atomic E-state index is 12.6. The lowest BCUT2D eigenvalue weighted by atomic mass is 9.90. The smallest absolute Gasteiger partial charge is 0.257 e. The van der Waals surface area contributed by atoms with Gasteiger partial charge in [0.15, 0.2) is 11.5 Å². The maximum Gasteiger partial charge on any atom is 0.257 e. The van der Waals surface area contributed by atoms with Gasteiger partial charge in [-0.25, -0.2) is 0 Å². The van der Waals surface area contributed by atoms with Gasteiger partial charge in [-0.2, -0.15) is 0 Å². The van der Waals surface area contributed by atoms with E-state index in [9.17, 15) is 4.79 Å². The van der Waals surface area contributed by atoms with Gasteiger partial charge in [0.05, 0.1) is 5.56 Å². The van der Waals surface area contributed by atoms with Gasteiger partial charge in [0.2, 0.25) is 6.79 Å². The molecule has 1 aromatic rings. The van der Waals surface area contributed by atoms with Gasteiger partial charge in [0, 0.05) is 13.1 Å². The third kappa shape index (κ3) is 2.04. The van der Waals surface area contributed by atoms with Gasteiger partial charge in [-0.15, -0.1) is 0 Å². The molecule has 1 saturated heterocycles. The van der Waals surface area contributed by atoms with Crippen LogP contribution in [0.3, 0.4) is 0 Å². The number of ether oxygens (including phenoxy) is 2. The number of hydrogen-bond acceptors (Lipinski definition) is 4. The Morgan fingerprint density at radius 3 is 3.05 bits per heavy atom. The van der Waals surface area contributed by atoms with E-state index in [2.05, 4.69) is 6.92 Å². The Labute approximate surface area is 112 Å². The molecule has 0 bridgehead atoms. The van der Waals surface area contributed by atoms with Crippen molar-refractivity contribution >= 4 is 5.91 Å². The molecule has 0 spiro atoms. The number of amides is 1.